The predicted octanol–water partition coefficient (Wildman–Crippen LogP) is 4.85. The van der Waals surface area contributed by atoms with Crippen LogP contribution in [0.2, 0.25) is 0 Å². The van der Waals surface area contributed by atoms with Gasteiger partial charge in [-0.25, -0.2) is 5.43 Å². The molecule has 0 atom stereocenters. The zero-order valence-corrected chi connectivity index (χ0v) is 20.6. The number of hydrogen-bond donors (Lipinski definition) is 3. The lowest BCUT2D eigenvalue weighted by Crippen LogP contribution is -2.32. The average Bonchev–Trinajstić information content (AvgIpc) is 2.83. The van der Waals surface area contributed by atoms with Gasteiger partial charge in [0.1, 0.15) is 15.9 Å². The van der Waals surface area contributed by atoms with Crippen LogP contribution >= 0.6 is 31.9 Å². The van der Waals surface area contributed by atoms with Crippen molar-refractivity contribution in [2.75, 3.05) is 7.11 Å². The fourth-order valence-corrected chi connectivity index (χ4v) is 4.25. The van der Waals surface area contributed by atoms with Crippen LogP contribution in [0.1, 0.15) is 21.5 Å². The molecule has 0 heterocycles. The van der Waals surface area contributed by atoms with Crippen LogP contribution in [-0.2, 0) is 4.79 Å². The summed E-state index contributed by atoms with van der Waals surface area (Å²) in [5.41, 5.74) is 3.85. The van der Waals surface area contributed by atoms with Gasteiger partial charge in [-0.1, -0.05) is 48.5 Å². The van der Waals surface area contributed by atoms with E-state index in [-0.39, 0.29) is 11.4 Å². The first-order valence-electron chi connectivity index (χ1n) is 9.62. The molecule has 168 valence electrons. The number of phenolic OH excluding ortho intramolecular Hbond substituents is 1. The lowest BCUT2D eigenvalue weighted by molar-refractivity contribution is -0.117. The summed E-state index contributed by atoms with van der Waals surface area (Å²) in [6, 6.07) is 19.2. The molecular formula is C24H19Br2N3O4. The number of nitrogens with one attached hydrogen (secondary N) is 2. The van der Waals surface area contributed by atoms with Crippen molar-refractivity contribution < 1.29 is 19.4 Å². The van der Waals surface area contributed by atoms with Gasteiger partial charge in [0.15, 0.2) is 5.75 Å². The van der Waals surface area contributed by atoms with Gasteiger partial charge >= 0.3 is 0 Å². The van der Waals surface area contributed by atoms with Gasteiger partial charge in [0.05, 0.1) is 17.8 Å². The zero-order chi connectivity index (χ0) is 23.8. The number of carbonyl (C=O) groups excluding carboxylic acids is 2. The molecule has 3 aromatic rings. The summed E-state index contributed by atoms with van der Waals surface area (Å²) in [7, 11) is 1.47. The van der Waals surface area contributed by atoms with Crippen molar-refractivity contribution in [3.05, 3.63) is 98.1 Å². The maximum atomic E-state index is 12.8. The molecule has 3 aromatic carbocycles. The molecule has 3 N–H and O–H groups in total. The Labute approximate surface area is 207 Å². The van der Waals surface area contributed by atoms with E-state index in [9.17, 15) is 14.7 Å². The standard InChI is InChI=1S/C24H19Br2N3O4/c1-33-22-18(25)13-17(21(30)20(22)26)14-27-29-24(32)19(12-15-8-4-2-5-9-15)28-23(31)16-10-6-3-7-11-16/h2-14,30H,1H3,(H,28,31)(H,29,32). The second kappa shape index (κ2) is 11.4. The van der Waals surface area contributed by atoms with Gasteiger partial charge < -0.3 is 15.2 Å². The van der Waals surface area contributed by atoms with Crippen LogP contribution in [0.5, 0.6) is 11.5 Å². The SMILES string of the molecule is COc1c(Br)cc(C=NNC(=O)C(=Cc2ccccc2)NC(=O)c2ccccc2)c(O)c1Br. The van der Waals surface area contributed by atoms with E-state index in [0.717, 1.165) is 5.56 Å². The molecule has 2 amide bonds. The number of methoxy groups -OCH3 is 1. The van der Waals surface area contributed by atoms with Crippen LogP contribution in [0.3, 0.4) is 0 Å². The smallest absolute Gasteiger partial charge is 0.287 e. The van der Waals surface area contributed by atoms with Crippen molar-refractivity contribution in [1.82, 2.24) is 10.7 Å². The number of phenols is 1. The molecule has 0 aliphatic heterocycles. The van der Waals surface area contributed by atoms with Gasteiger partial charge in [-0.15, -0.1) is 0 Å². The van der Waals surface area contributed by atoms with Crippen molar-refractivity contribution >= 4 is 56.0 Å². The van der Waals surface area contributed by atoms with Gasteiger partial charge in [-0.3, -0.25) is 9.59 Å². The van der Waals surface area contributed by atoms with E-state index in [2.05, 4.69) is 47.7 Å². The molecule has 0 unspecified atom stereocenters. The number of ether oxygens (including phenoxy) is 1. The van der Waals surface area contributed by atoms with Gasteiger partial charge in [0, 0.05) is 11.1 Å². The van der Waals surface area contributed by atoms with Crippen LogP contribution in [0, 0.1) is 0 Å². The van der Waals surface area contributed by atoms with Crippen LogP contribution in [-0.4, -0.2) is 30.2 Å². The molecule has 0 spiro atoms. The van der Waals surface area contributed by atoms with Crippen LogP contribution in [0.4, 0.5) is 0 Å². The number of hydrazone groups is 1. The number of nitrogens with zero attached hydrogens (tertiary/aromatic N) is 1. The Kier molecular flexibility index (Phi) is 8.39. The Bertz CT molecular complexity index is 1210. The molecule has 0 aliphatic rings. The molecule has 0 bridgehead atoms. The summed E-state index contributed by atoms with van der Waals surface area (Å²) < 4.78 is 6.13. The van der Waals surface area contributed by atoms with E-state index < -0.39 is 11.8 Å². The first-order chi connectivity index (χ1) is 15.9. The number of amides is 2. The highest BCUT2D eigenvalue weighted by Crippen LogP contribution is 2.41. The van der Waals surface area contributed by atoms with Gasteiger partial charge in [0.25, 0.3) is 11.8 Å². The molecule has 3 rings (SSSR count). The summed E-state index contributed by atoms with van der Waals surface area (Å²) in [5, 5.41) is 16.9. The minimum absolute atomic E-state index is 0.00789. The fourth-order valence-electron chi connectivity index (χ4n) is 2.77. The summed E-state index contributed by atoms with van der Waals surface area (Å²) >= 11 is 6.61. The highest BCUT2D eigenvalue weighted by molar-refractivity contribution is 9.11. The predicted molar refractivity (Wildman–Crippen MR) is 134 cm³/mol. The topological polar surface area (TPSA) is 100 Å². The van der Waals surface area contributed by atoms with E-state index in [1.165, 1.54) is 13.3 Å². The lowest BCUT2D eigenvalue weighted by atomic mass is 10.1. The van der Waals surface area contributed by atoms with E-state index in [0.29, 0.717) is 25.8 Å². The van der Waals surface area contributed by atoms with E-state index >= 15 is 0 Å². The van der Waals surface area contributed by atoms with Gasteiger partial charge in [0.2, 0.25) is 0 Å². The normalized spacial score (nSPS) is 11.3. The number of rotatable bonds is 7. The number of aromatic hydroxyl groups is 1. The van der Waals surface area contributed by atoms with Crippen molar-refractivity contribution in [2.24, 2.45) is 5.10 Å². The van der Waals surface area contributed by atoms with Crippen LogP contribution < -0.4 is 15.5 Å². The first-order valence-corrected chi connectivity index (χ1v) is 11.2. The molecular weight excluding hydrogens is 554 g/mol. The molecule has 0 saturated heterocycles. The molecule has 0 aromatic heterocycles. The quantitative estimate of drug-likeness (QED) is 0.214. The Hall–Kier alpha value is -3.43. The number of carbonyl (C=O) groups is 2. The van der Waals surface area contributed by atoms with Crippen molar-refractivity contribution in [2.45, 2.75) is 0 Å². The van der Waals surface area contributed by atoms with Crippen molar-refractivity contribution in [3.63, 3.8) is 0 Å². The Morgan fingerprint density at radius 1 is 1.03 bits per heavy atom. The third-order valence-electron chi connectivity index (χ3n) is 4.39. The molecule has 7 nitrogen and oxygen atoms in total. The van der Waals surface area contributed by atoms with Crippen LogP contribution in [0.25, 0.3) is 6.08 Å². The molecule has 33 heavy (non-hydrogen) atoms. The minimum Gasteiger partial charge on any atom is -0.506 e. The fraction of sp³-hybridized carbons (Fsp3) is 0.0417. The van der Waals surface area contributed by atoms with Crippen molar-refractivity contribution in [3.8, 4) is 11.5 Å². The second-order valence-corrected chi connectivity index (χ2v) is 8.28. The lowest BCUT2D eigenvalue weighted by Gasteiger charge is -2.10. The number of hydrogen-bond acceptors (Lipinski definition) is 5. The summed E-state index contributed by atoms with van der Waals surface area (Å²) in [6.45, 7) is 0. The van der Waals surface area contributed by atoms with E-state index in [4.69, 9.17) is 4.74 Å². The average molecular weight is 573 g/mol. The third-order valence-corrected chi connectivity index (χ3v) is 5.72. The molecule has 0 fully saturated rings. The molecule has 0 saturated carbocycles. The maximum absolute atomic E-state index is 12.8. The van der Waals surface area contributed by atoms with E-state index in [1.54, 1.807) is 54.6 Å². The third kappa shape index (κ3) is 6.30. The zero-order valence-electron chi connectivity index (χ0n) is 17.4. The minimum atomic E-state index is -0.634. The summed E-state index contributed by atoms with van der Waals surface area (Å²) in [5.74, 6) is -0.751. The van der Waals surface area contributed by atoms with Crippen LogP contribution in [0.15, 0.2) is 86.5 Å². The Morgan fingerprint density at radius 3 is 2.30 bits per heavy atom. The van der Waals surface area contributed by atoms with Gasteiger partial charge in [-0.2, -0.15) is 5.10 Å². The monoisotopic (exact) mass is 571 g/mol. The largest absolute Gasteiger partial charge is 0.506 e. The molecule has 0 radical (unpaired) electrons. The highest BCUT2D eigenvalue weighted by Gasteiger charge is 2.16. The van der Waals surface area contributed by atoms with Gasteiger partial charge in [-0.05, 0) is 61.7 Å². The number of benzene rings is 3. The van der Waals surface area contributed by atoms with E-state index in [1.807, 2.05) is 18.2 Å². The Morgan fingerprint density at radius 2 is 1.67 bits per heavy atom. The highest BCUT2D eigenvalue weighted by atomic mass is 79.9. The second-order valence-electron chi connectivity index (χ2n) is 6.63. The summed E-state index contributed by atoms with van der Waals surface area (Å²) in [6.07, 6.45) is 2.82. The molecule has 0 aliphatic carbocycles. The molecule has 9 heteroatoms. The Balaban J connectivity index is 1.82. The maximum Gasteiger partial charge on any atom is 0.287 e. The summed E-state index contributed by atoms with van der Waals surface area (Å²) in [4.78, 5) is 25.4. The van der Waals surface area contributed by atoms with Crippen molar-refractivity contribution in [1.29, 1.82) is 0 Å². The number of halogens is 2. The first kappa shape index (κ1) is 24.2.